The Kier molecular flexibility index (Phi) is 4.79. The Hall–Kier alpha value is -1.39. The first kappa shape index (κ1) is 15.5. The first-order valence-corrected chi connectivity index (χ1v) is 8.44. The monoisotopic (exact) mass is 302 g/mol. The second-order valence-electron chi connectivity index (χ2n) is 6.90. The fraction of sp³-hybridized carbons (Fsp3) is 0.611. The summed E-state index contributed by atoms with van der Waals surface area (Å²) >= 11 is 0. The van der Waals surface area contributed by atoms with Gasteiger partial charge in [-0.25, -0.2) is 5.48 Å². The smallest absolute Gasteiger partial charge is 0.246 e. The Bertz CT molecular complexity index is 497. The molecule has 3 atom stereocenters. The van der Waals surface area contributed by atoms with Gasteiger partial charge < -0.3 is 5.32 Å². The maximum Gasteiger partial charge on any atom is 0.246 e. The molecule has 1 aromatic rings. The second-order valence-corrected chi connectivity index (χ2v) is 6.90. The van der Waals surface area contributed by atoms with Crippen LogP contribution in [-0.4, -0.2) is 23.2 Å². The van der Waals surface area contributed by atoms with Crippen LogP contribution in [0.15, 0.2) is 30.3 Å². The van der Waals surface area contributed by atoms with Crippen molar-refractivity contribution in [2.45, 2.75) is 57.0 Å². The van der Waals surface area contributed by atoms with Crippen molar-refractivity contribution >= 4 is 5.91 Å². The number of nitrogens with one attached hydrogen (secondary N) is 2. The summed E-state index contributed by atoms with van der Waals surface area (Å²) in [5.74, 6) is 1.08. The molecule has 3 N–H and O–H groups in total. The Labute approximate surface area is 132 Å². The number of hydroxylamine groups is 1. The van der Waals surface area contributed by atoms with Crippen molar-refractivity contribution in [3.8, 4) is 0 Å². The van der Waals surface area contributed by atoms with E-state index in [1.807, 2.05) is 0 Å². The van der Waals surface area contributed by atoms with Gasteiger partial charge in [0.2, 0.25) is 5.91 Å². The predicted molar refractivity (Wildman–Crippen MR) is 85.6 cm³/mol. The highest BCUT2D eigenvalue weighted by Gasteiger charge is 2.40. The van der Waals surface area contributed by atoms with Gasteiger partial charge in [-0.1, -0.05) is 30.3 Å². The summed E-state index contributed by atoms with van der Waals surface area (Å²) in [5, 5.41) is 12.5. The van der Waals surface area contributed by atoms with Gasteiger partial charge in [0.15, 0.2) is 0 Å². The molecule has 4 heteroatoms. The van der Waals surface area contributed by atoms with Crippen molar-refractivity contribution in [1.82, 2.24) is 10.8 Å². The SMILES string of the molecule is C[C@H](N[C@H]1CC1c1ccccc1)C1CCC(C(=O)NO)CC1. The average molecular weight is 302 g/mol. The molecule has 2 aliphatic rings. The number of rotatable bonds is 5. The van der Waals surface area contributed by atoms with E-state index in [0.717, 1.165) is 25.7 Å². The summed E-state index contributed by atoms with van der Waals surface area (Å²) in [6.07, 6.45) is 5.13. The normalized spacial score (nSPS) is 32.3. The fourth-order valence-electron chi connectivity index (χ4n) is 3.89. The van der Waals surface area contributed by atoms with Crippen LogP contribution in [0.5, 0.6) is 0 Å². The molecule has 0 saturated heterocycles. The van der Waals surface area contributed by atoms with Crippen LogP contribution in [0.4, 0.5) is 0 Å². The molecule has 4 nitrogen and oxygen atoms in total. The topological polar surface area (TPSA) is 61.4 Å². The summed E-state index contributed by atoms with van der Waals surface area (Å²) in [4.78, 5) is 11.5. The molecule has 0 aliphatic heterocycles. The molecule has 3 rings (SSSR count). The van der Waals surface area contributed by atoms with E-state index in [1.165, 1.54) is 12.0 Å². The van der Waals surface area contributed by atoms with Crippen molar-refractivity contribution in [1.29, 1.82) is 0 Å². The van der Waals surface area contributed by atoms with Gasteiger partial charge in [0, 0.05) is 23.9 Å². The van der Waals surface area contributed by atoms with Crippen LogP contribution in [0.25, 0.3) is 0 Å². The molecule has 0 bridgehead atoms. The molecule has 2 saturated carbocycles. The van der Waals surface area contributed by atoms with Crippen molar-refractivity contribution in [3.05, 3.63) is 35.9 Å². The van der Waals surface area contributed by atoms with Gasteiger partial charge in [-0.05, 0) is 50.5 Å². The lowest BCUT2D eigenvalue weighted by Crippen LogP contribution is -2.39. The minimum atomic E-state index is -0.217. The van der Waals surface area contributed by atoms with Crippen LogP contribution in [0.2, 0.25) is 0 Å². The molecule has 2 fully saturated rings. The molecule has 1 aromatic carbocycles. The third kappa shape index (κ3) is 3.50. The molecule has 1 unspecified atom stereocenters. The van der Waals surface area contributed by atoms with Crippen molar-refractivity contribution < 1.29 is 10.0 Å². The van der Waals surface area contributed by atoms with Gasteiger partial charge in [-0.15, -0.1) is 0 Å². The first-order valence-electron chi connectivity index (χ1n) is 8.44. The van der Waals surface area contributed by atoms with Crippen molar-refractivity contribution in [3.63, 3.8) is 0 Å². The maximum atomic E-state index is 11.5. The summed E-state index contributed by atoms with van der Waals surface area (Å²) in [6.45, 7) is 2.28. The summed E-state index contributed by atoms with van der Waals surface area (Å²) in [6, 6.07) is 11.8. The number of carbonyl (C=O) groups excluding carboxylic acids is 1. The molecular formula is C18H26N2O2. The lowest BCUT2D eigenvalue weighted by Gasteiger charge is -2.32. The molecule has 0 spiro atoms. The summed E-state index contributed by atoms with van der Waals surface area (Å²) in [7, 11) is 0. The number of hydrogen-bond acceptors (Lipinski definition) is 3. The molecule has 1 amide bonds. The van der Waals surface area contributed by atoms with Gasteiger partial charge in [-0.2, -0.15) is 0 Å². The quantitative estimate of drug-likeness (QED) is 0.579. The van der Waals surface area contributed by atoms with E-state index >= 15 is 0 Å². The maximum absolute atomic E-state index is 11.5. The van der Waals surface area contributed by atoms with Gasteiger partial charge >= 0.3 is 0 Å². The largest absolute Gasteiger partial charge is 0.311 e. The Morgan fingerprint density at radius 2 is 1.86 bits per heavy atom. The molecule has 0 aromatic heterocycles. The third-order valence-electron chi connectivity index (χ3n) is 5.46. The Morgan fingerprint density at radius 1 is 1.18 bits per heavy atom. The van der Waals surface area contributed by atoms with Crippen LogP contribution < -0.4 is 10.8 Å². The van der Waals surface area contributed by atoms with Gasteiger partial charge in [0.05, 0.1) is 0 Å². The van der Waals surface area contributed by atoms with Crippen LogP contribution in [0, 0.1) is 11.8 Å². The minimum Gasteiger partial charge on any atom is -0.311 e. The van der Waals surface area contributed by atoms with E-state index in [2.05, 4.69) is 42.6 Å². The predicted octanol–water partition coefficient (Wildman–Crippen LogP) is 2.83. The van der Waals surface area contributed by atoms with E-state index in [-0.39, 0.29) is 11.8 Å². The van der Waals surface area contributed by atoms with Crippen LogP contribution in [0.1, 0.15) is 50.5 Å². The Balaban J connectivity index is 1.44. The standard InChI is InChI=1S/C18H26N2O2/c1-12(13-7-9-15(10-8-13)18(21)20-22)19-17-11-16(17)14-5-3-2-4-6-14/h2-6,12-13,15-17,19,22H,7-11H2,1H3,(H,20,21)/t12-,13?,15?,16?,17-/m0/s1. The van der Waals surface area contributed by atoms with E-state index in [1.54, 1.807) is 5.48 Å². The van der Waals surface area contributed by atoms with E-state index in [4.69, 9.17) is 5.21 Å². The van der Waals surface area contributed by atoms with E-state index < -0.39 is 0 Å². The minimum absolute atomic E-state index is 0.00792. The van der Waals surface area contributed by atoms with Gasteiger partial charge in [0.1, 0.15) is 0 Å². The molecule has 22 heavy (non-hydrogen) atoms. The summed E-state index contributed by atoms with van der Waals surface area (Å²) in [5.41, 5.74) is 3.23. The lowest BCUT2D eigenvalue weighted by atomic mass is 9.78. The lowest BCUT2D eigenvalue weighted by molar-refractivity contribution is -0.134. The van der Waals surface area contributed by atoms with E-state index in [9.17, 15) is 4.79 Å². The molecule has 0 heterocycles. The highest BCUT2D eigenvalue weighted by atomic mass is 16.5. The van der Waals surface area contributed by atoms with Crippen LogP contribution >= 0.6 is 0 Å². The number of carbonyl (C=O) groups is 1. The highest BCUT2D eigenvalue weighted by molar-refractivity contribution is 5.77. The van der Waals surface area contributed by atoms with Crippen molar-refractivity contribution in [2.75, 3.05) is 0 Å². The molecule has 2 aliphatic carbocycles. The fourth-order valence-corrected chi connectivity index (χ4v) is 3.89. The van der Waals surface area contributed by atoms with Gasteiger partial charge in [-0.3, -0.25) is 10.0 Å². The van der Waals surface area contributed by atoms with Crippen molar-refractivity contribution in [2.24, 2.45) is 11.8 Å². The Morgan fingerprint density at radius 3 is 2.50 bits per heavy atom. The number of hydrogen-bond donors (Lipinski definition) is 3. The zero-order valence-electron chi connectivity index (χ0n) is 13.2. The molecule has 120 valence electrons. The number of benzene rings is 1. The molecule has 0 radical (unpaired) electrons. The zero-order valence-corrected chi connectivity index (χ0v) is 13.2. The highest BCUT2D eigenvalue weighted by Crippen LogP contribution is 2.42. The van der Waals surface area contributed by atoms with Crippen LogP contribution in [0.3, 0.4) is 0 Å². The summed E-state index contributed by atoms with van der Waals surface area (Å²) < 4.78 is 0. The second kappa shape index (κ2) is 6.80. The van der Waals surface area contributed by atoms with Gasteiger partial charge in [0.25, 0.3) is 0 Å². The number of amides is 1. The van der Waals surface area contributed by atoms with Crippen LogP contribution in [-0.2, 0) is 4.79 Å². The van der Waals surface area contributed by atoms with E-state index in [0.29, 0.717) is 23.9 Å². The first-order chi connectivity index (χ1) is 10.7. The third-order valence-corrected chi connectivity index (χ3v) is 5.46. The zero-order chi connectivity index (χ0) is 15.5. The molecular weight excluding hydrogens is 276 g/mol. The average Bonchev–Trinajstić information content (AvgIpc) is 3.34.